The molecule has 7 nitrogen and oxygen atoms in total. The van der Waals surface area contributed by atoms with E-state index in [0.29, 0.717) is 17.4 Å². The number of aromatic nitrogens is 2. The summed E-state index contributed by atoms with van der Waals surface area (Å²) < 4.78 is 5.79. The maximum Gasteiger partial charge on any atom is 0.292 e. The van der Waals surface area contributed by atoms with Gasteiger partial charge in [-0.25, -0.2) is 10.5 Å². The number of rotatable bonds is 6. The molecule has 4 rings (SSSR count). The molecule has 0 atom stereocenters. The quantitative estimate of drug-likeness (QED) is 0.374. The molecule has 0 saturated heterocycles. The van der Waals surface area contributed by atoms with E-state index >= 15 is 0 Å². The van der Waals surface area contributed by atoms with Gasteiger partial charge in [-0.2, -0.15) is 10.2 Å². The van der Waals surface area contributed by atoms with Crippen molar-refractivity contribution in [2.75, 3.05) is 0 Å². The Bertz CT molecular complexity index is 1290. The number of aryl methyl sites for hydroxylation is 1. The second-order valence-electron chi connectivity index (χ2n) is 6.99. The van der Waals surface area contributed by atoms with Crippen LogP contribution < -0.4 is 15.7 Å². The van der Waals surface area contributed by atoms with Gasteiger partial charge in [-0.1, -0.05) is 48.0 Å². The second-order valence-corrected chi connectivity index (χ2v) is 6.99. The molecule has 31 heavy (non-hydrogen) atoms. The third-order valence-electron chi connectivity index (χ3n) is 4.70. The minimum absolute atomic E-state index is 0.104. The number of ether oxygens (including phenoxy) is 1. The summed E-state index contributed by atoms with van der Waals surface area (Å²) in [5.74, 6) is 0.229. The van der Waals surface area contributed by atoms with Gasteiger partial charge in [-0.15, -0.1) is 0 Å². The van der Waals surface area contributed by atoms with Crippen LogP contribution in [0.15, 0.2) is 82.7 Å². The zero-order valence-electron chi connectivity index (χ0n) is 16.8. The molecular weight excluding hydrogens is 392 g/mol. The largest absolute Gasteiger partial charge is 0.489 e. The van der Waals surface area contributed by atoms with Crippen molar-refractivity contribution in [3.05, 3.63) is 106 Å². The molecule has 0 aliphatic rings. The summed E-state index contributed by atoms with van der Waals surface area (Å²) >= 11 is 0. The molecule has 1 amide bonds. The first-order valence-corrected chi connectivity index (χ1v) is 9.69. The first-order chi connectivity index (χ1) is 15.1. The van der Waals surface area contributed by atoms with Gasteiger partial charge >= 0.3 is 0 Å². The monoisotopic (exact) mass is 412 g/mol. The van der Waals surface area contributed by atoms with Gasteiger partial charge in [0, 0.05) is 5.39 Å². The number of fused-ring (bicyclic) bond motifs is 1. The highest BCUT2D eigenvalue weighted by Crippen LogP contribution is 2.14. The number of H-pyrrole nitrogens is 1. The molecule has 0 saturated carbocycles. The van der Waals surface area contributed by atoms with Crippen LogP contribution in [0.25, 0.3) is 10.8 Å². The van der Waals surface area contributed by atoms with E-state index in [1.54, 1.807) is 24.3 Å². The molecule has 1 aromatic heterocycles. The smallest absolute Gasteiger partial charge is 0.292 e. The fourth-order valence-corrected chi connectivity index (χ4v) is 3.01. The van der Waals surface area contributed by atoms with Crippen LogP contribution >= 0.6 is 0 Å². The van der Waals surface area contributed by atoms with Crippen molar-refractivity contribution < 1.29 is 9.53 Å². The van der Waals surface area contributed by atoms with Gasteiger partial charge in [0.1, 0.15) is 12.4 Å². The molecule has 0 radical (unpaired) electrons. The van der Waals surface area contributed by atoms with E-state index in [-0.39, 0.29) is 11.3 Å². The third kappa shape index (κ3) is 4.84. The molecule has 2 N–H and O–H groups in total. The van der Waals surface area contributed by atoms with Gasteiger partial charge in [-0.3, -0.25) is 9.59 Å². The van der Waals surface area contributed by atoms with Crippen molar-refractivity contribution in [1.82, 2.24) is 15.6 Å². The highest BCUT2D eigenvalue weighted by molar-refractivity contribution is 6.04. The lowest BCUT2D eigenvalue weighted by atomic mass is 10.1. The second kappa shape index (κ2) is 9.04. The van der Waals surface area contributed by atoms with Crippen LogP contribution in [0, 0.1) is 6.92 Å². The van der Waals surface area contributed by atoms with Crippen LogP contribution in [0.4, 0.5) is 0 Å². The number of amides is 1. The molecule has 0 unspecified atom stereocenters. The Morgan fingerprint density at radius 1 is 1.03 bits per heavy atom. The van der Waals surface area contributed by atoms with Crippen molar-refractivity contribution in [3.63, 3.8) is 0 Å². The summed E-state index contributed by atoms with van der Waals surface area (Å²) in [4.78, 5) is 24.3. The Labute approximate surface area is 178 Å². The minimum atomic E-state index is -0.512. The predicted octanol–water partition coefficient (Wildman–Crippen LogP) is 3.57. The first-order valence-electron chi connectivity index (χ1n) is 9.69. The number of nitrogens with one attached hydrogen (secondary N) is 2. The van der Waals surface area contributed by atoms with E-state index in [1.165, 1.54) is 11.8 Å². The number of nitrogens with zero attached hydrogens (tertiary/aromatic N) is 2. The number of aromatic amines is 1. The Kier molecular flexibility index (Phi) is 5.84. The first kappa shape index (κ1) is 20.0. The van der Waals surface area contributed by atoms with Gasteiger partial charge in [0.15, 0.2) is 5.69 Å². The fourth-order valence-electron chi connectivity index (χ4n) is 3.01. The number of carbonyl (C=O) groups is 1. The maximum absolute atomic E-state index is 12.4. The summed E-state index contributed by atoms with van der Waals surface area (Å²) in [7, 11) is 0. The van der Waals surface area contributed by atoms with Crippen molar-refractivity contribution in [1.29, 1.82) is 0 Å². The summed E-state index contributed by atoms with van der Waals surface area (Å²) in [6.45, 7) is 2.54. The molecule has 0 spiro atoms. The van der Waals surface area contributed by atoms with Crippen LogP contribution in [0.3, 0.4) is 0 Å². The van der Waals surface area contributed by atoms with Crippen molar-refractivity contribution in [3.8, 4) is 5.75 Å². The van der Waals surface area contributed by atoms with Gasteiger partial charge < -0.3 is 4.74 Å². The lowest BCUT2D eigenvalue weighted by molar-refractivity contribution is 0.0951. The standard InChI is InChI=1S/C24H20N4O3/c1-16-6-8-18(9-7-16)15-31-19-12-10-17(11-13-19)14-25-27-24(30)22-20-4-2-3-5-21(20)23(29)28-26-22/h2-14H,15H2,1H3,(H,27,30)(H,28,29). The third-order valence-corrected chi connectivity index (χ3v) is 4.70. The summed E-state index contributed by atoms with van der Waals surface area (Å²) in [5, 5.41) is 11.0. The number of hydrogen-bond acceptors (Lipinski definition) is 5. The van der Waals surface area contributed by atoms with Gasteiger partial charge in [0.25, 0.3) is 11.5 Å². The Morgan fingerprint density at radius 2 is 1.74 bits per heavy atom. The normalized spacial score (nSPS) is 11.0. The SMILES string of the molecule is Cc1ccc(COc2ccc(C=NNC(=O)c3n[nH]c(=O)c4ccccc34)cc2)cc1. The lowest BCUT2D eigenvalue weighted by Gasteiger charge is -2.07. The average molecular weight is 412 g/mol. The highest BCUT2D eigenvalue weighted by Gasteiger charge is 2.13. The Balaban J connectivity index is 1.37. The van der Waals surface area contributed by atoms with Gasteiger partial charge in [0.2, 0.25) is 0 Å². The van der Waals surface area contributed by atoms with Crippen LogP contribution in [0.1, 0.15) is 27.2 Å². The number of carbonyl (C=O) groups excluding carboxylic acids is 1. The zero-order valence-corrected chi connectivity index (χ0v) is 16.8. The molecule has 1 heterocycles. The van der Waals surface area contributed by atoms with Crippen LogP contribution in [0.2, 0.25) is 0 Å². The number of hydrogen-bond donors (Lipinski definition) is 2. The average Bonchev–Trinajstić information content (AvgIpc) is 2.80. The van der Waals surface area contributed by atoms with Crippen LogP contribution in [0.5, 0.6) is 5.75 Å². The zero-order chi connectivity index (χ0) is 21.6. The van der Waals surface area contributed by atoms with Crippen LogP contribution in [-0.4, -0.2) is 22.3 Å². The topological polar surface area (TPSA) is 96.4 Å². The van der Waals surface area contributed by atoms with Gasteiger partial charge in [0.05, 0.1) is 11.6 Å². The van der Waals surface area contributed by atoms with Crippen LogP contribution in [-0.2, 0) is 6.61 Å². The molecule has 0 fully saturated rings. The Morgan fingerprint density at radius 3 is 2.48 bits per heavy atom. The molecule has 7 heteroatoms. The van der Waals surface area contributed by atoms with Crippen molar-refractivity contribution in [2.24, 2.45) is 5.10 Å². The highest BCUT2D eigenvalue weighted by atomic mass is 16.5. The lowest BCUT2D eigenvalue weighted by Crippen LogP contribution is -2.22. The molecular formula is C24H20N4O3. The molecule has 0 aliphatic heterocycles. The maximum atomic E-state index is 12.4. The predicted molar refractivity (Wildman–Crippen MR) is 119 cm³/mol. The molecule has 0 bridgehead atoms. The Hall–Kier alpha value is -4.26. The number of hydrazone groups is 1. The van der Waals surface area contributed by atoms with Gasteiger partial charge in [-0.05, 0) is 48.4 Å². The van der Waals surface area contributed by atoms with E-state index in [0.717, 1.165) is 16.9 Å². The van der Waals surface area contributed by atoms with Crippen molar-refractivity contribution in [2.45, 2.75) is 13.5 Å². The molecule has 3 aromatic carbocycles. The van der Waals surface area contributed by atoms with Crippen molar-refractivity contribution >= 4 is 22.9 Å². The molecule has 154 valence electrons. The fraction of sp³-hybridized carbons (Fsp3) is 0.0833. The summed E-state index contributed by atoms with van der Waals surface area (Å²) in [6, 6.07) is 22.3. The van der Waals surface area contributed by atoms with E-state index in [1.807, 2.05) is 43.3 Å². The minimum Gasteiger partial charge on any atom is -0.489 e. The van der Waals surface area contributed by atoms with E-state index in [4.69, 9.17) is 4.74 Å². The van der Waals surface area contributed by atoms with E-state index < -0.39 is 5.91 Å². The van der Waals surface area contributed by atoms with E-state index in [2.05, 4.69) is 32.9 Å². The van der Waals surface area contributed by atoms with E-state index in [9.17, 15) is 9.59 Å². The summed E-state index contributed by atoms with van der Waals surface area (Å²) in [5.41, 5.74) is 5.30. The molecule has 0 aliphatic carbocycles. The summed E-state index contributed by atoms with van der Waals surface area (Å²) in [6.07, 6.45) is 1.52. The molecule has 4 aromatic rings. The number of benzene rings is 3.